The molecule has 0 fully saturated rings. The Balaban J connectivity index is 1.39. The lowest BCUT2D eigenvalue weighted by Gasteiger charge is -2.30. The first-order chi connectivity index (χ1) is 24.1. The molecule has 0 spiro atoms. The number of hydrogen-bond donors (Lipinski definition) is 2. The van der Waals surface area contributed by atoms with Gasteiger partial charge in [-0.2, -0.15) is 4.31 Å². The molecular weight excluding hydrogens is 669 g/mol. The van der Waals surface area contributed by atoms with Gasteiger partial charge in [-0.05, 0) is 73.1 Å². The molecule has 262 valence electrons. The van der Waals surface area contributed by atoms with E-state index < -0.39 is 34.0 Å². The van der Waals surface area contributed by atoms with E-state index in [1.807, 2.05) is 91.9 Å². The number of aromatic nitrogens is 1. The molecule has 4 aromatic carbocycles. The molecule has 5 aromatic rings. The van der Waals surface area contributed by atoms with Gasteiger partial charge in [0.2, 0.25) is 15.9 Å². The second kappa shape index (κ2) is 16.9. The van der Waals surface area contributed by atoms with E-state index in [-0.39, 0.29) is 10.9 Å². The second-order valence-electron chi connectivity index (χ2n) is 12.7. The van der Waals surface area contributed by atoms with Crippen LogP contribution in [0.5, 0.6) is 0 Å². The number of aryl methyl sites for hydroxylation is 1. The number of fused-ring (bicyclic) bond motifs is 1. The fraction of sp³-hybridized carbons (Fsp3) is 0.308. The number of rotatable bonds is 15. The van der Waals surface area contributed by atoms with Crippen LogP contribution in [0, 0.1) is 5.92 Å². The molecule has 0 unspecified atom stereocenters. The minimum Gasteiger partial charge on any atom is -0.453 e. The van der Waals surface area contributed by atoms with E-state index in [0.29, 0.717) is 31.0 Å². The Morgan fingerprint density at radius 2 is 1.50 bits per heavy atom. The number of nitrogens with one attached hydrogen (secondary N) is 2. The lowest BCUT2D eigenvalue weighted by molar-refractivity contribution is -0.118. The van der Waals surface area contributed by atoms with Crippen molar-refractivity contribution < 1.29 is 22.7 Å². The monoisotopic (exact) mass is 712 g/mol. The predicted octanol–water partition coefficient (Wildman–Crippen LogP) is 7.85. The van der Waals surface area contributed by atoms with Gasteiger partial charge in [-0.15, -0.1) is 11.3 Å². The van der Waals surface area contributed by atoms with E-state index in [0.717, 1.165) is 33.3 Å². The van der Waals surface area contributed by atoms with Crippen LogP contribution in [0.1, 0.15) is 56.2 Å². The number of hydrogen-bond acceptors (Lipinski definition) is 7. The summed E-state index contributed by atoms with van der Waals surface area (Å²) in [6.07, 6.45) is 1.03. The fourth-order valence-electron chi connectivity index (χ4n) is 6.06. The molecule has 1 aromatic heterocycles. The molecule has 0 aliphatic heterocycles. The first-order valence-electron chi connectivity index (χ1n) is 16.8. The number of methoxy groups -OCH3 is 1. The first kappa shape index (κ1) is 36.7. The highest BCUT2D eigenvalue weighted by atomic mass is 32.2. The van der Waals surface area contributed by atoms with Crippen molar-refractivity contribution in [2.75, 3.05) is 19.0 Å². The number of carbonyl (C=O) groups is 2. The quantitative estimate of drug-likeness (QED) is 0.114. The number of alkyl carbamates (subject to hydrolysis) is 1. The van der Waals surface area contributed by atoms with E-state index in [2.05, 4.69) is 29.5 Å². The number of carbonyl (C=O) groups excluding carboxylic acids is 2. The van der Waals surface area contributed by atoms with Gasteiger partial charge in [0.05, 0.1) is 27.7 Å². The summed E-state index contributed by atoms with van der Waals surface area (Å²) < 4.78 is 35.5. The van der Waals surface area contributed by atoms with E-state index in [4.69, 9.17) is 4.74 Å². The molecule has 5 rings (SSSR count). The zero-order valence-corrected chi connectivity index (χ0v) is 30.4. The van der Waals surface area contributed by atoms with Crippen molar-refractivity contribution in [1.82, 2.24) is 14.6 Å². The molecule has 50 heavy (non-hydrogen) atoms. The SMILES string of the molecule is COC(=O)N[C@H](C(=O)Nc1ccccc1CC[C@@H](C)N(CCC(C)C)S(=O)(=O)c1ccc2ncsc2c1)C(c1ccccc1)c1ccccc1. The number of amides is 2. The highest BCUT2D eigenvalue weighted by Gasteiger charge is 2.34. The van der Waals surface area contributed by atoms with Gasteiger partial charge in [-0.25, -0.2) is 18.2 Å². The zero-order valence-electron chi connectivity index (χ0n) is 28.8. The van der Waals surface area contributed by atoms with Gasteiger partial charge in [0.15, 0.2) is 0 Å². The largest absolute Gasteiger partial charge is 0.453 e. The Labute approximate surface area is 298 Å². The van der Waals surface area contributed by atoms with Crippen molar-refractivity contribution in [3.8, 4) is 0 Å². The molecule has 0 aliphatic carbocycles. The van der Waals surface area contributed by atoms with Gasteiger partial charge in [0.25, 0.3) is 0 Å². The Morgan fingerprint density at radius 1 is 0.860 bits per heavy atom. The Kier molecular flexibility index (Phi) is 12.4. The van der Waals surface area contributed by atoms with Crippen LogP contribution in [-0.4, -0.2) is 55.4 Å². The van der Waals surface area contributed by atoms with Gasteiger partial charge in [-0.1, -0.05) is 92.7 Å². The standard InChI is InChI=1S/C39H44N4O5S2/c1-27(2)23-24-43(50(46,47)32-21-22-34-35(25-32)49-26-40-34)28(3)19-20-29-13-11-12-18-33(29)41-38(44)37(42-39(45)48-4)36(30-14-7-5-8-15-30)31-16-9-6-10-17-31/h5-18,21-22,25-28,36-37H,19-20,23-24H2,1-4H3,(H,41,44)(H,42,45)/t28-,37+/m1/s1. The Bertz CT molecular complexity index is 1940. The van der Waals surface area contributed by atoms with Crippen LogP contribution in [-0.2, 0) is 26.0 Å². The summed E-state index contributed by atoms with van der Waals surface area (Å²) in [4.78, 5) is 31.4. The molecular formula is C39H44N4O5S2. The van der Waals surface area contributed by atoms with Crippen molar-refractivity contribution in [1.29, 1.82) is 0 Å². The van der Waals surface area contributed by atoms with Gasteiger partial charge in [-0.3, -0.25) is 4.79 Å². The molecule has 2 amide bonds. The molecule has 0 bridgehead atoms. The van der Waals surface area contributed by atoms with Gasteiger partial charge < -0.3 is 15.4 Å². The number of para-hydroxylation sites is 1. The minimum absolute atomic E-state index is 0.257. The Hall–Kier alpha value is -4.58. The summed E-state index contributed by atoms with van der Waals surface area (Å²) in [5, 5.41) is 5.86. The number of anilines is 1. The van der Waals surface area contributed by atoms with Crippen LogP contribution < -0.4 is 10.6 Å². The first-order valence-corrected chi connectivity index (χ1v) is 19.1. The highest BCUT2D eigenvalue weighted by molar-refractivity contribution is 7.89. The minimum atomic E-state index is -3.80. The maximum atomic E-state index is 14.2. The maximum Gasteiger partial charge on any atom is 0.407 e. The smallest absolute Gasteiger partial charge is 0.407 e. The highest BCUT2D eigenvalue weighted by Crippen LogP contribution is 2.31. The second-order valence-corrected chi connectivity index (χ2v) is 15.5. The third-order valence-electron chi connectivity index (χ3n) is 8.83. The molecule has 0 radical (unpaired) electrons. The van der Waals surface area contributed by atoms with Crippen LogP contribution in [0.15, 0.2) is 114 Å². The summed E-state index contributed by atoms with van der Waals surface area (Å²) in [6, 6.07) is 30.4. The van der Waals surface area contributed by atoms with Crippen LogP contribution in [0.3, 0.4) is 0 Å². The topological polar surface area (TPSA) is 118 Å². The third-order valence-corrected chi connectivity index (χ3v) is 11.6. The maximum absolute atomic E-state index is 14.2. The number of thiazole rings is 1. The van der Waals surface area contributed by atoms with Gasteiger partial charge in [0.1, 0.15) is 6.04 Å². The summed E-state index contributed by atoms with van der Waals surface area (Å²) in [6.45, 7) is 6.49. The molecule has 0 saturated carbocycles. The lowest BCUT2D eigenvalue weighted by Crippen LogP contribution is -2.48. The molecule has 1 heterocycles. The number of sulfonamides is 1. The summed E-state index contributed by atoms with van der Waals surface area (Å²) in [5.41, 5.74) is 5.65. The predicted molar refractivity (Wildman–Crippen MR) is 200 cm³/mol. The van der Waals surface area contributed by atoms with Crippen LogP contribution >= 0.6 is 11.3 Å². The molecule has 0 aliphatic rings. The molecule has 11 heteroatoms. The van der Waals surface area contributed by atoms with E-state index in [9.17, 15) is 18.0 Å². The summed E-state index contributed by atoms with van der Waals surface area (Å²) in [5.74, 6) is -0.595. The van der Waals surface area contributed by atoms with Crippen molar-refractivity contribution in [3.63, 3.8) is 0 Å². The average molecular weight is 713 g/mol. The number of benzene rings is 4. The van der Waals surface area contributed by atoms with E-state index in [1.165, 1.54) is 18.4 Å². The third kappa shape index (κ3) is 8.95. The number of nitrogens with zero attached hydrogens (tertiary/aromatic N) is 2. The molecule has 0 saturated heterocycles. The average Bonchev–Trinajstić information content (AvgIpc) is 3.60. The van der Waals surface area contributed by atoms with Gasteiger partial charge in [0, 0.05) is 24.2 Å². The summed E-state index contributed by atoms with van der Waals surface area (Å²) >= 11 is 1.42. The van der Waals surface area contributed by atoms with Crippen molar-refractivity contribution in [2.24, 2.45) is 5.92 Å². The van der Waals surface area contributed by atoms with E-state index in [1.54, 1.807) is 28.0 Å². The van der Waals surface area contributed by atoms with Gasteiger partial charge >= 0.3 is 6.09 Å². The van der Waals surface area contributed by atoms with Crippen molar-refractivity contribution in [2.45, 2.75) is 62.9 Å². The zero-order chi connectivity index (χ0) is 35.7. The Morgan fingerprint density at radius 3 is 2.14 bits per heavy atom. The fourth-order valence-corrected chi connectivity index (χ4v) is 8.55. The van der Waals surface area contributed by atoms with E-state index >= 15 is 0 Å². The van der Waals surface area contributed by atoms with Crippen LogP contribution in [0.4, 0.5) is 10.5 Å². The van der Waals surface area contributed by atoms with Crippen molar-refractivity contribution >= 4 is 49.3 Å². The molecule has 2 N–H and O–H groups in total. The van der Waals surface area contributed by atoms with Crippen LogP contribution in [0.2, 0.25) is 0 Å². The number of ether oxygens (including phenoxy) is 1. The molecule has 9 nitrogen and oxygen atoms in total. The molecule has 2 atom stereocenters. The normalized spacial score (nSPS) is 13.0. The lowest BCUT2D eigenvalue weighted by atomic mass is 9.84. The summed E-state index contributed by atoms with van der Waals surface area (Å²) in [7, 11) is -2.53. The van der Waals surface area contributed by atoms with Crippen molar-refractivity contribution in [3.05, 3.63) is 125 Å². The van der Waals surface area contributed by atoms with Crippen LogP contribution in [0.25, 0.3) is 10.2 Å².